The summed E-state index contributed by atoms with van der Waals surface area (Å²) >= 11 is 0. The zero-order valence-corrected chi connectivity index (χ0v) is 12.4. The third-order valence-electron chi connectivity index (χ3n) is 4.72. The number of likely N-dealkylation sites (tertiary alicyclic amines) is 1. The largest absolute Gasteiger partial charge is 0.481 e. The van der Waals surface area contributed by atoms with Gasteiger partial charge in [0, 0.05) is 6.04 Å². The minimum atomic E-state index is -0.617. The predicted molar refractivity (Wildman–Crippen MR) is 81.4 cm³/mol. The van der Waals surface area contributed by atoms with Gasteiger partial charge in [0.05, 0.1) is 5.92 Å². The van der Waals surface area contributed by atoms with Gasteiger partial charge >= 0.3 is 5.97 Å². The Balaban J connectivity index is 0.00000147. The van der Waals surface area contributed by atoms with Crippen LogP contribution in [0.5, 0.6) is 0 Å². The van der Waals surface area contributed by atoms with Gasteiger partial charge in [-0.05, 0) is 56.3 Å². The van der Waals surface area contributed by atoms with E-state index in [1.165, 1.54) is 24.0 Å². The summed E-state index contributed by atoms with van der Waals surface area (Å²) in [6.07, 6.45) is 5.14. The molecular formula is C16H22ClNO2. The second-order valence-corrected chi connectivity index (χ2v) is 5.81. The molecule has 1 fully saturated rings. The van der Waals surface area contributed by atoms with E-state index < -0.39 is 5.97 Å². The zero-order valence-electron chi connectivity index (χ0n) is 11.6. The normalized spacial score (nSPS) is 23.7. The molecule has 1 saturated heterocycles. The molecule has 4 heteroatoms. The van der Waals surface area contributed by atoms with Crippen molar-refractivity contribution < 1.29 is 9.90 Å². The van der Waals surface area contributed by atoms with Gasteiger partial charge in [0.1, 0.15) is 0 Å². The van der Waals surface area contributed by atoms with Crippen molar-refractivity contribution in [1.82, 2.24) is 4.90 Å². The number of carboxylic acids is 1. The maximum Gasteiger partial charge on any atom is 0.306 e. The molecule has 0 amide bonds. The Labute approximate surface area is 126 Å². The van der Waals surface area contributed by atoms with E-state index in [-0.39, 0.29) is 18.3 Å². The molecule has 1 atom stereocenters. The zero-order chi connectivity index (χ0) is 13.2. The molecule has 1 unspecified atom stereocenters. The van der Waals surface area contributed by atoms with Crippen molar-refractivity contribution in [2.24, 2.45) is 5.92 Å². The van der Waals surface area contributed by atoms with Gasteiger partial charge < -0.3 is 5.11 Å². The Hall–Kier alpha value is -1.06. The Morgan fingerprint density at radius 1 is 1.10 bits per heavy atom. The molecule has 1 aromatic rings. The van der Waals surface area contributed by atoms with Crippen LogP contribution in [0.15, 0.2) is 24.3 Å². The number of carbonyl (C=O) groups is 1. The van der Waals surface area contributed by atoms with Crippen LogP contribution >= 0.6 is 12.4 Å². The maximum atomic E-state index is 11.0. The van der Waals surface area contributed by atoms with Crippen LogP contribution < -0.4 is 0 Å². The molecule has 1 aromatic carbocycles. The van der Waals surface area contributed by atoms with E-state index in [9.17, 15) is 4.79 Å². The van der Waals surface area contributed by atoms with E-state index in [4.69, 9.17) is 5.11 Å². The van der Waals surface area contributed by atoms with Crippen molar-refractivity contribution in [3.63, 3.8) is 0 Å². The quantitative estimate of drug-likeness (QED) is 0.912. The second-order valence-electron chi connectivity index (χ2n) is 5.81. The lowest BCUT2D eigenvalue weighted by Gasteiger charge is -2.39. The van der Waals surface area contributed by atoms with E-state index in [2.05, 4.69) is 29.2 Å². The minimum Gasteiger partial charge on any atom is -0.481 e. The summed E-state index contributed by atoms with van der Waals surface area (Å²) in [6, 6.07) is 9.34. The van der Waals surface area contributed by atoms with Crippen LogP contribution in [0.25, 0.3) is 0 Å². The van der Waals surface area contributed by atoms with E-state index >= 15 is 0 Å². The Morgan fingerprint density at radius 3 is 2.40 bits per heavy atom. The molecule has 2 aliphatic rings. The van der Waals surface area contributed by atoms with Crippen molar-refractivity contribution in [3.8, 4) is 0 Å². The molecule has 1 aliphatic carbocycles. The minimum absolute atomic E-state index is 0. The van der Waals surface area contributed by atoms with E-state index in [1.807, 2.05) is 0 Å². The number of carboxylic acid groups (broad SMARTS) is 1. The average molecular weight is 296 g/mol. The van der Waals surface area contributed by atoms with Gasteiger partial charge in [0.2, 0.25) is 0 Å². The van der Waals surface area contributed by atoms with Gasteiger partial charge in [0.15, 0.2) is 0 Å². The highest BCUT2D eigenvalue weighted by molar-refractivity contribution is 5.85. The molecule has 110 valence electrons. The first kappa shape index (κ1) is 15.3. The highest BCUT2D eigenvalue weighted by atomic mass is 35.5. The maximum absolute atomic E-state index is 11.0. The van der Waals surface area contributed by atoms with Crippen molar-refractivity contribution in [2.45, 2.75) is 38.1 Å². The van der Waals surface area contributed by atoms with Crippen molar-refractivity contribution in [2.75, 3.05) is 13.1 Å². The smallest absolute Gasteiger partial charge is 0.306 e. The van der Waals surface area contributed by atoms with Crippen molar-refractivity contribution in [3.05, 3.63) is 35.4 Å². The fourth-order valence-electron chi connectivity index (χ4n) is 3.50. The van der Waals surface area contributed by atoms with E-state index in [1.54, 1.807) is 0 Å². The van der Waals surface area contributed by atoms with Crippen LogP contribution in [0.4, 0.5) is 0 Å². The van der Waals surface area contributed by atoms with Crippen LogP contribution in [0, 0.1) is 5.92 Å². The molecule has 1 aliphatic heterocycles. The molecule has 1 heterocycles. The lowest BCUT2D eigenvalue weighted by atomic mass is 9.86. The highest BCUT2D eigenvalue weighted by Gasteiger charge is 2.30. The van der Waals surface area contributed by atoms with Gasteiger partial charge in [0.25, 0.3) is 0 Å². The highest BCUT2D eigenvalue weighted by Crippen LogP contribution is 2.27. The van der Waals surface area contributed by atoms with Crippen LogP contribution in [-0.4, -0.2) is 35.1 Å². The van der Waals surface area contributed by atoms with Crippen LogP contribution in [0.1, 0.15) is 30.4 Å². The Kier molecular flexibility index (Phi) is 5.06. The van der Waals surface area contributed by atoms with Crippen LogP contribution in [-0.2, 0) is 17.6 Å². The van der Waals surface area contributed by atoms with Crippen LogP contribution in [0.2, 0.25) is 0 Å². The van der Waals surface area contributed by atoms with Gasteiger partial charge in [-0.3, -0.25) is 9.69 Å². The molecule has 20 heavy (non-hydrogen) atoms. The van der Waals surface area contributed by atoms with Gasteiger partial charge in [-0.15, -0.1) is 12.4 Å². The number of benzene rings is 1. The first-order chi connectivity index (χ1) is 9.24. The number of hydrogen-bond acceptors (Lipinski definition) is 2. The summed E-state index contributed by atoms with van der Waals surface area (Å²) in [4.78, 5) is 13.5. The summed E-state index contributed by atoms with van der Waals surface area (Å²) in [5, 5.41) is 9.05. The third kappa shape index (κ3) is 3.15. The second kappa shape index (κ2) is 6.59. The summed E-state index contributed by atoms with van der Waals surface area (Å²) < 4.78 is 0. The third-order valence-corrected chi connectivity index (χ3v) is 4.72. The molecule has 0 spiro atoms. The molecule has 0 radical (unpaired) electrons. The number of aryl methyl sites for hydroxylation is 1. The molecular weight excluding hydrogens is 274 g/mol. The Morgan fingerprint density at radius 2 is 1.75 bits per heavy atom. The van der Waals surface area contributed by atoms with Gasteiger partial charge in [-0.1, -0.05) is 24.3 Å². The van der Waals surface area contributed by atoms with Crippen molar-refractivity contribution in [1.29, 1.82) is 0 Å². The first-order valence-corrected chi connectivity index (χ1v) is 7.27. The number of rotatable bonds is 2. The predicted octanol–water partition coefficient (Wildman–Crippen LogP) is 2.76. The average Bonchev–Trinajstić information content (AvgIpc) is 2.47. The first-order valence-electron chi connectivity index (χ1n) is 7.27. The number of fused-ring (bicyclic) bond motifs is 1. The summed E-state index contributed by atoms with van der Waals surface area (Å²) in [6.45, 7) is 1.90. The van der Waals surface area contributed by atoms with E-state index in [0.717, 1.165) is 32.4 Å². The summed E-state index contributed by atoms with van der Waals surface area (Å²) in [5.74, 6) is -0.735. The standard InChI is InChI=1S/C16H21NO2.ClH/c18-16(19)13-7-9-17(10-8-13)15-6-5-12-3-1-2-4-14(12)11-15;/h1-4,13,15H,5-11H2,(H,18,19);1H. The fraction of sp³-hybridized carbons (Fsp3) is 0.562. The van der Waals surface area contributed by atoms with Gasteiger partial charge in [-0.25, -0.2) is 0 Å². The van der Waals surface area contributed by atoms with Crippen molar-refractivity contribution >= 4 is 18.4 Å². The summed E-state index contributed by atoms with van der Waals surface area (Å²) in [7, 11) is 0. The molecule has 0 aromatic heterocycles. The monoisotopic (exact) mass is 295 g/mol. The topological polar surface area (TPSA) is 40.5 Å². The lowest BCUT2D eigenvalue weighted by Crippen LogP contribution is -2.45. The molecule has 3 nitrogen and oxygen atoms in total. The van der Waals surface area contributed by atoms with Crippen LogP contribution in [0.3, 0.4) is 0 Å². The fourth-order valence-corrected chi connectivity index (χ4v) is 3.50. The lowest BCUT2D eigenvalue weighted by molar-refractivity contribution is -0.143. The number of aliphatic carboxylic acids is 1. The van der Waals surface area contributed by atoms with Gasteiger partial charge in [-0.2, -0.15) is 0 Å². The molecule has 3 rings (SSSR count). The molecule has 0 bridgehead atoms. The number of nitrogens with zero attached hydrogens (tertiary/aromatic N) is 1. The number of piperidine rings is 1. The Bertz CT molecular complexity index is 469. The SMILES string of the molecule is Cl.O=C(O)C1CCN(C2CCc3ccccc3C2)CC1. The number of hydrogen-bond donors (Lipinski definition) is 1. The summed E-state index contributed by atoms with van der Waals surface area (Å²) in [5.41, 5.74) is 2.98. The molecule has 1 N–H and O–H groups in total. The number of halogens is 1. The molecule has 0 saturated carbocycles. The van der Waals surface area contributed by atoms with E-state index in [0.29, 0.717) is 6.04 Å².